The molecule has 0 spiro atoms. The van der Waals surface area contributed by atoms with Gasteiger partial charge in [0.05, 0.1) is 11.8 Å². The Morgan fingerprint density at radius 2 is 2.29 bits per heavy atom. The SMILES string of the molecule is Cl.O[C@@H]1CNC[C@H]1Cc1cnccn1. The van der Waals surface area contributed by atoms with Crippen LogP contribution >= 0.6 is 12.4 Å². The van der Waals surface area contributed by atoms with E-state index in [9.17, 15) is 5.11 Å². The van der Waals surface area contributed by atoms with E-state index in [1.165, 1.54) is 0 Å². The fourth-order valence-electron chi connectivity index (χ4n) is 1.63. The number of halogens is 1. The molecule has 0 amide bonds. The summed E-state index contributed by atoms with van der Waals surface area (Å²) in [7, 11) is 0. The van der Waals surface area contributed by atoms with Crippen LogP contribution < -0.4 is 5.32 Å². The maximum absolute atomic E-state index is 9.54. The minimum absolute atomic E-state index is 0. The van der Waals surface area contributed by atoms with Gasteiger partial charge in [-0.05, 0) is 6.42 Å². The van der Waals surface area contributed by atoms with Crippen molar-refractivity contribution >= 4 is 12.4 Å². The first-order chi connectivity index (χ1) is 6.36. The molecule has 0 saturated carbocycles. The van der Waals surface area contributed by atoms with Crippen LogP contribution in [0.1, 0.15) is 5.69 Å². The highest BCUT2D eigenvalue weighted by molar-refractivity contribution is 5.85. The van der Waals surface area contributed by atoms with Gasteiger partial charge < -0.3 is 10.4 Å². The first kappa shape index (κ1) is 11.4. The van der Waals surface area contributed by atoms with Crippen LogP contribution in [0, 0.1) is 5.92 Å². The molecule has 1 aliphatic rings. The van der Waals surface area contributed by atoms with Gasteiger partial charge in [0, 0.05) is 37.6 Å². The molecule has 0 aliphatic carbocycles. The zero-order valence-electron chi connectivity index (χ0n) is 7.76. The highest BCUT2D eigenvalue weighted by atomic mass is 35.5. The van der Waals surface area contributed by atoms with E-state index >= 15 is 0 Å². The standard InChI is InChI=1S/C9H13N3O.ClH/c13-9-6-11-4-7(9)3-8-5-10-1-2-12-8;/h1-2,5,7,9,11,13H,3-4,6H2;1H/t7-,9-;/m1./s1. The van der Waals surface area contributed by atoms with Crippen molar-refractivity contribution in [1.82, 2.24) is 15.3 Å². The molecule has 1 aromatic rings. The molecule has 0 bridgehead atoms. The summed E-state index contributed by atoms with van der Waals surface area (Å²) >= 11 is 0. The summed E-state index contributed by atoms with van der Waals surface area (Å²) in [6.07, 6.45) is 5.67. The molecule has 14 heavy (non-hydrogen) atoms. The third-order valence-corrected chi connectivity index (χ3v) is 2.39. The molecule has 0 unspecified atom stereocenters. The van der Waals surface area contributed by atoms with Gasteiger partial charge in [-0.15, -0.1) is 12.4 Å². The Kier molecular flexibility index (Phi) is 4.25. The second-order valence-electron chi connectivity index (χ2n) is 3.39. The third kappa shape index (κ3) is 2.64. The second kappa shape index (κ2) is 5.24. The van der Waals surface area contributed by atoms with Gasteiger partial charge >= 0.3 is 0 Å². The number of rotatable bonds is 2. The van der Waals surface area contributed by atoms with Crippen molar-refractivity contribution in [2.24, 2.45) is 5.92 Å². The minimum atomic E-state index is -0.234. The second-order valence-corrected chi connectivity index (χ2v) is 3.39. The number of aromatic nitrogens is 2. The molecule has 1 aliphatic heterocycles. The molecule has 2 N–H and O–H groups in total. The molecule has 2 heterocycles. The van der Waals surface area contributed by atoms with Crippen LogP contribution in [0.25, 0.3) is 0 Å². The Morgan fingerprint density at radius 3 is 2.86 bits per heavy atom. The summed E-state index contributed by atoms with van der Waals surface area (Å²) in [5, 5.41) is 12.7. The van der Waals surface area contributed by atoms with E-state index in [4.69, 9.17) is 0 Å². The quantitative estimate of drug-likeness (QED) is 0.731. The normalized spacial score (nSPS) is 25.8. The first-order valence-corrected chi connectivity index (χ1v) is 4.50. The molecular weight excluding hydrogens is 202 g/mol. The number of β-amino-alcohol motifs (C(OH)–C–C–N with tert-alkyl or cyclic N) is 1. The fraction of sp³-hybridized carbons (Fsp3) is 0.556. The van der Waals surface area contributed by atoms with Gasteiger partial charge in [-0.3, -0.25) is 9.97 Å². The largest absolute Gasteiger partial charge is 0.391 e. The van der Waals surface area contributed by atoms with Crippen molar-refractivity contribution in [1.29, 1.82) is 0 Å². The van der Waals surface area contributed by atoms with Crippen molar-refractivity contribution in [3.63, 3.8) is 0 Å². The Balaban J connectivity index is 0.000000980. The van der Waals surface area contributed by atoms with E-state index in [1.54, 1.807) is 18.6 Å². The molecule has 1 fully saturated rings. The van der Waals surface area contributed by atoms with Crippen LogP contribution in [0.2, 0.25) is 0 Å². The lowest BCUT2D eigenvalue weighted by molar-refractivity contribution is 0.147. The molecular formula is C9H14ClN3O. The molecule has 0 radical (unpaired) electrons. The topological polar surface area (TPSA) is 58.0 Å². The van der Waals surface area contributed by atoms with E-state index in [-0.39, 0.29) is 24.4 Å². The van der Waals surface area contributed by atoms with Gasteiger partial charge in [0.2, 0.25) is 0 Å². The van der Waals surface area contributed by atoms with E-state index < -0.39 is 0 Å². The monoisotopic (exact) mass is 215 g/mol. The molecule has 2 atom stereocenters. The smallest absolute Gasteiger partial charge is 0.0708 e. The van der Waals surface area contributed by atoms with Gasteiger partial charge in [0.15, 0.2) is 0 Å². The maximum Gasteiger partial charge on any atom is 0.0708 e. The third-order valence-electron chi connectivity index (χ3n) is 2.39. The van der Waals surface area contributed by atoms with Crippen molar-refractivity contribution in [2.75, 3.05) is 13.1 Å². The summed E-state index contributed by atoms with van der Waals surface area (Å²) in [6, 6.07) is 0. The molecule has 4 nitrogen and oxygen atoms in total. The van der Waals surface area contributed by atoms with Gasteiger partial charge in [0.1, 0.15) is 0 Å². The number of nitrogens with one attached hydrogen (secondary N) is 1. The van der Waals surface area contributed by atoms with Crippen LogP contribution in [-0.2, 0) is 6.42 Å². The zero-order valence-corrected chi connectivity index (χ0v) is 8.57. The van der Waals surface area contributed by atoms with E-state index in [1.807, 2.05) is 0 Å². The van der Waals surface area contributed by atoms with Crippen LogP contribution in [0.15, 0.2) is 18.6 Å². The van der Waals surface area contributed by atoms with Gasteiger partial charge in [-0.1, -0.05) is 0 Å². The predicted molar refractivity (Wildman–Crippen MR) is 55.4 cm³/mol. The molecule has 78 valence electrons. The van der Waals surface area contributed by atoms with Crippen LogP contribution in [0.5, 0.6) is 0 Å². The summed E-state index contributed by atoms with van der Waals surface area (Å²) in [5.41, 5.74) is 0.954. The van der Waals surface area contributed by atoms with Crippen molar-refractivity contribution in [3.05, 3.63) is 24.3 Å². The molecule has 0 aromatic carbocycles. The Bertz CT molecular complexity index is 270. The van der Waals surface area contributed by atoms with E-state index in [2.05, 4.69) is 15.3 Å². The van der Waals surface area contributed by atoms with Crippen molar-refractivity contribution in [3.8, 4) is 0 Å². The molecule has 2 rings (SSSR count). The summed E-state index contributed by atoms with van der Waals surface area (Å²) < 4.78 is 0. The number of aliphatic hydroxyl groups is 1. The Labute approximate surface area is 89.2 Å². The lowest BCUT2D eigenvalue weighted by atomic mass is 10.0. The first-order valence-electron chi connectivity index (χ1n) is 4.50. The van der Waals surface area contributed by atoms with Crippen LogP contribution in [-0.4, -0.2) is 34.3 Å². The average Bonchev–Trinajstić information content (AvgIpc) is 2.54. The van der Waals surface area contributed by atoms with Gasteiger partial charge in [-0.2, -0.15) is 0 Å². The van der Waals surface area contributed by atoms with Gasteiger partial charge in [0.25, 0.3) is 0 Å². The highest BCUT2D eigenvalue weighted by Gasteiger charge is 2.25. The molecule has 5 heteroatoms. The van der Waals surface area contributed by atoms with Crippen molar-refractivity contribution in [2.45, 2.75) is 12.5 Å². The number of nitrogens with zero attached hydrogens (tertiary/aromatic N) is 2. The van der Waals surface area contributed by atoms with Gasteiger partial charge in [-0.25, -0.2) is 0 Å². The fourth-order valence-corrected chi connectivity index (χ4v) is 1.63. The zero-order chi connectivity index (χ0) is 9.10. The lowest BCUT2D eigenvalue weighted by Gasteiger charge is -2.11. The van der Waals surface area contributed by atoms with E-state index in [0.717, 1.165) is 18.7 Å². The van der Waals surface area contributed by atoms with Crippen LogP contribution in [0.4, 0.5) is 0 Å². The predicted octanol–water partition coefficient (Wildman–Crippen LogP) is 0.0212. The Hall–Kier alpha value is -0.710. The number of hydrogen-bond donors (Lipinski definition) is 2. The van der Waals surface area contributed by atoms with Crippen molar-refractivity contribution < 1.29 is 5.11 Å². The summed E-state index contributed by atoms with van der Waals surface area (Å²) in [4.78, 5) is 8.16. The number of aliphatic hydroxyl groups excluding tert-OH is 1. The highest BCUT2D eigenvalue weighted by Crippen LogP contribution is 2.13. The maximum atomic E-state index is 9.54. The average molecular weight is 216 g/mol. The number of hydrogen-bond acceptors (Lipinski definition) is 4. The van der Waals surface area contributed by atoms with Crippen LogP contribution in [0.3, 0.4) is 0 Å². The molecule has 1 saturated heterocycles. The minimum Gasteiger partial charge on any atom is -0.391 e. The molecule has 1 aromatic heterocycles. The summed E-state index contributed by atoms with van der Waals surface area (Å²) in [5.74, 6) is 0.289. The lowest BCUT2D eigenvalue weighted by Crippen LogP contribution is -2.20. The van der Waals surface area contributed by atoms with E-state index in [0.29, 0.717) is 6.54 Å². The Morgan fingerprint density at radius 1 is 1.43 bits per heavy atom. The summed E-state index contributed by atoms with van der Waals surface area (Å²) in [6.45, 7) is 1.57.